The molecule has 0 atom stereocenters. The Kier molecular flexibility index (Phi) is 4.28. The van der Waals surface area contributed by atoms with Crippen molar-refractivity contribution in [2.75, 3.05) is 0 Å². The molecule has 0 saturated heterocycles. The van der Waals surface area contributed by atoms with Gasteiger partial charge in [-0.2, -0.15) is 0 Å². The monoisotopic (exact) mass is 268 g/mol. The van der Waals surface area contributed by atoms with Gasteiger partial charge in [0, 0.05) is 18.2 Å². The van der Waals surface area contributed by atoms with Crippen molar-refractivity contribution >= 4 is 5.78 Å². The van der Waals surface area contributed by atoms with Crippen molar-refractivity contribution in [2.45, 2.75) is 34.1 Å². The Balaban J connectivity index is 2.34. The standard InChI is InChI=1S/C17H20N2O/c1-11(2)9-14-5-7-15(8-6-14)16-10-12(3)18-17(19-16)13(4)20/h5-8,10-11H,9H2,1-4H3. The Bertz CT molecular complexity index is 615. The van der Waals surface area contributed by atoms with Gasteiger partial charge in [0.25, 0.3) is 0 Å². The van der Waals surface area contributed by atoms with Gasteiger partial charge in [-0.05, 0) is 30.9 Å². The third kappa shape index (κ3) is 3.50. The Morgan fingerprint density at radius 3 is 2.35 bits per heavy atom. The highest BCUT2D eigenvalue weighted by molar-refractivity contribution is 5.90. The summed E-state index contributed by atoms with van der Waals surface area (Å²) in [6, 6.07) is 10.3. The maximum absolute atomic E-state index is 11.4. The minimum atomic E-state index is -0.105. The minimum absolute atomic E-state index is 0.105. The molecule has 0 bridgehead atoms. The van der Waals surface area contributed by atoms with E-state index in [0.29, 0.717) is 5.92 Å². The lowest BCUT2D eigenvalue weighted by Crippen LogP contribution is -2.03. The highest BCUT2D eigenvalue weighted by Crippen LogP contribution is 2.20. The fraction of sp³-hybridized carbons (Fsp3) is 0.353. The Labute approximate surface area is 120 Å². The van der Waals surface area contributed by atoms with Crippen LogP contribution in [0.15, 0.2) is 30.3 Å². The Morgan fingerprint density at radius 2 is 1.80 bits per heavy atom. The van der Waals surface area contributed by atoms with Crippen LogP contribution in [-0.4, -0.2) is 15.8 Å². The first kappa shape index (κ1) is 14.4. The van der Waals surface area contributed by atoms with E-state index in [1.807, 2.05) is 13.0 Å². The average Bonchev–Trinajstić information content (AvgIpc) is 2.38. The summed E-state index contributed by atoms with van der Waals surface area (Å²) in [5.41, 5.74) is 3.96. The number of Topliss-reactive ketones (excluding diaryl/α,β-unsaturated/α-hetero) is 1. The Hall–Kier alpha value is -2.03. The summed E-state index contributed by atoms with van der Waals surface area (Å²) in [6.45, 7) is 7.79. The van der Waals surface area contributed by atoms with E-state index in [2.05, 4.69) is 48.1 Å². The van der Waals surface area contributed by atoms with Gasteiger partial charge < -0.3 is 0 Å². The molecule has 0 amide bonds. The molecule has 1 heterocycles. The number of rotatable bonds is 4. The second kappa shape index (κ2) is 5.95. The van der Waals surface area contributed by atoms with Crippen molar-refractivity contribution < 1.29 is 4.79 Å². The van der Waals surface area contributed by atoms with Crippen LogP contribution < -0.4 is 0 Å². The van der Waals surface area contributed by atoms with Crippen molar-refractivity contribution in [3.63, 3.8) is 0 Å². The van der Waals surface area contributed by atoms with Crippen molar-refractivity contribution in [3.8, 4) is 11.3 Å². The molecule has 0 aliphatic carbocycles. The number of ketones is 1. The molecule has 3 heteroatoms. The van der Waals surface area contributed by atoms with Gasteiger partial charge in [0.1, 0.15) is 0 Å². The van der Waals surface area contributed by atoms with E-state index in [1.54, 1.807) is 0 Å². The van der Waals surface area contributed by atoms with E-state index >= 15 is 0 Å². The van der Waals surface area contributed by atoms with Crippen LogP contribution in [0.4, 0.5) is 0 Å². The topological polar surface area (TPSA) is 42.9 Å². The normalized spacial score (nSPS) is 10.8. The molecule has 0 unspecified atom stereocenters. The molecule has 2 aromatic rings. The molecule has 3 nitrogen and oxygen atoms in total. The number of hydrogen-bond acceptors (Lipinski definition) is 3. The number of hydrogen-bond donors (Lipinski definition) is 0. The molecule has 104 valence electrons. The molecule has 0 radical (unpaired) electrons. The average molecular weight is 268 g/mol. The van der Waals surface area contributed by atoms with Gasteiger partial charge in [-0.25, -0.2) is 9.97 Å². The largest absolute Gasteiger partial charge is 0.291 e. The molecule has 1 aromatic carbocycles. The highest BCUT2D eigenvalue weighted by atomic mass is 16.1. The maximum atomic E-state index is 11.4. The molecule has 20 heavy (non-hydrogen) atoms. The van der Waals surface area contributed by atoms with Crippen LogP contribution in [-0.2, 0) is 6.42 Å². The van der Waals surface area contributed by atoms with Crippen molar-refractivity contribution in [1.29, 1.82) is 0 Å². The predicted octanol–water partition coefficient (Wildman–Crippen LogP) is 3.85. The summed E-state index contributed by atoms with van der Waals surface area (Å²) in [5, 5.41) is 0. The summed E-state index contributed by atoms with van der Waals surface area (Å²) < 4.78 is 0. The van der Waals surface area contributed by atoms with Gasteiger partial charge in [0.2, 0.25) is 0 Å². The molecule has 0 aliphatic heterocycles. The van der Waals surface area contributed by atoms with Crippen LogP contribution in [0.5, 0.6) is 0 Å². The lowest BCUT2D eigenvalue weighted by Gasteiger charge is -2.07. The van der Waals surface area contributed by atoms with Gasteiger partial charge >= 0.3 is 0 Å². The zero-order chi connectivity index (χ0) is 14.7. The zero-order valence-corrected chi connectivity index (χ0v) is 12.5. The van der Waals surface area contributed by atoms with Gasteiger partial charge in [0.05, 0.1) is 5.69 Å². The van der Waals surface area contributed by atoms with Crippen LogP contribution in [0.2, 0.25) is 0 Å². The predicted molar refractivity (Wildman–Crippen MR) is 80.8 cm³/mol. The smallest absolute Gasteiger partial charge is 0.196 e. The second-order valence-electron chi connectivity index (χ2n) is 5.57. The number of carbonyl (C=O) groups is 1. The fourth-order valence-electron chi connectivity index (χ4n) is 2.16. The first-order valence-electron chi connectivity index (χ1n) is 6.91. The summed E-state index contributed by atoms with van der Waals surface area (Å²) >= 11 is 0. The van der Waals surface area contributed by atoms with Gasteiger partial charge in [-0.15, -0.1) is 0 Å². The van der Waals surface area contributed by atoms with Gasteiger partial charge in [0.15, 0.2) is 11.6 Å². The van der Waals surface area contributed by atoms with E-state index in [1.165, 1.54) is 12.5 Å². The van der Waals surface area contributed by atoms with Crippen LogP contribution in [0.3, 0.4) is 0 Å². The minimum Gasteiger partial charge on any atom is -0.291 e. The van der Waals surface area contributed by atoms with Crippen LogP contribution in [0.25, 0.3) is 11.3 Å². The van der Waals surface area contributed by atoms with E-state index in [-0.39, 0.29) is 11.6 Å². The third-order valence-electron chi connectivity index (χ3n) is 3.06. The van der Waals surface area contributed by atoms with Gasteiger partial charge in [-0.3, -0.25) is 4.79 Å². The Morgan fingerprint density at radius 1 is 1.15 bits per heavy atom. The third-order valence-corrected chi connectivity index (χ3v) is 3.06. The van der Waals surface area contributed by atoms with Crippen LogP contribution >= 0.6 is 0 Å². The SMILES string of the molecule is CC(=O)c1nc(C)cc(-c2ccc(CC(C)C)cc2)n1. The molecular formula is C17H20N2O. The van der Waals surface area contributed by atoms with E-state index in [9.17, 15) is 4.79 Å². The molecular weight excluding hydrogens is 248 g/mol. The van der Waals surface area contributed by atoms with Crippen molar-refractivity contribution in [1.82, 2.24) is 9.97 Å². The molecule has 2 rings (SSSR count). The number of aromatic nitrogens is 2. The molecule has 0 saturated carbocycles. The van der Waals surface area contributed by atoms with E-state index < -0.39 is 0 Å². The van der Waals surface area contributed by atoms with Crippen molar-refractivity contribution in [3.05, 3.63) is 47.4 Å². The van der Waals surface area contributed by atoms with Gasteiger partial charge in [-0.1, -0.05) is 38.1 Å². The lowest BCUT2D eigenvalue weighted by atomic mass is 10.0. The van der Waals surface area contributed by atoms with E-state index in [0.717, 1.165) is 23.4 Å². The van der Waals surface area contributed by atoms with E-state index in [4.69, 9.17) is 0 Å². The highest BCUT2D eigenvalue weighted by Gasteiger charge is 2.08. The molecule has 0 spiro atoms. The van der Waals surface area contributed by atoms with Crippen molar-refractivity contribution in [2.24, 2.45) is 5.92 Å². The number of nitrogens with zero attached hydrogens (tertiary/aromatic N) is 2. The fourth-order valence-corrected chi connectivity index (χ4v) is 2.16. The number of carbonyl (C=O) groups excluding carboxylic acids is 1. The summed E-state index contributed by atoms with van der Waals surface area (Å²) in [7, 11) is 0. The first-order chi connectivity index (χ1) is 9.45. The zero-order valence-electron chi connectivity index (χ0n) is 12.5. The summed E-state index contributed by atoms with van der Waals surface area (Å²) in [4.78, 5) is 19.9. The summed E-state index contributed by atoms with van der Waals surface area (Å²) in [5.74, 6) is 0.823. The quantitative estimate of drug-likeness (QED) is 0.791. The maximum Gasteiger partial charge on any atom is 0.196 e. The lowest BCUT2D eigenvalue weighted by molar-refractivity contribution is 0.100. The molecule has 1 aromatic heterocycles. The first-order valence-corrected chi connectivity index (χ1v) is 6.91. The second-order valence-corrected chi connectivity index (χ2v) is 5.57. The number of benzene rings is 1. The van der Waals surface area contributed by atoms with Crippen LogP contribution in [0, 0.1) is 12.8 Å². The molecule has 0 N–H and O–H groups in total. The van der Waals surface area contributed by atoms with Crippen LogP contribution in [0.1, 0.15) is 42.6 Å². The summed E-state index contributed by atoms with van der Waals surface area (Å²) in [6.07, 6.45) is 1.07. The molecule has 0 aliphatic rings. The number of aryl methyl sites for hydroxylation is 1. The molecule has 0 fully saturated rings.